The van der Waals surface area contributed by atoms with E-state index in [4.69, 9.17) is 4.74 Å². The summed E-state index contributed by atoms with van der Waals surface area (Å²) in [4.78, 5) is 0. The first-order valence-corrected chi connectivity index (χ1v) is 9.31. The fourth-order valence-corrected chi connectivity index (χ4v) is 6.29. The van der Waals surface area contributed by atoms with Crippen molar-refractivity contribution in [2.45, 2.75) is 63.6 Å². The molecule has 19 heavy (non-hydrogen) atoms. The van der Waals surface area contributed by atoms with Gasteiger partial charge in [-0.1, -0.05) is 6.42 Å². The first-order chi connectivity index (χ1) is 8.89. The fourth-order valence-electron chi connectivity index (χ4n) is 4.19. The van der Waals surface area contributed by atoms with Crippen molar-refractivity contribution in [1.82, 2.24) is 5.32 Å². The zero-order chi connectivity index (χ0) is 13.7. The third-order valence-corrected chi connectivity index (χ3v) is 7.37. The van der Waals surface area contributed by atoms with Crippen LogP contribution >= 0.6 is 0 Å². The van der Waals surface area contributed by atoms with Crippen LogP contribution in [-0.2, 0) is 14.6 Å². The van der Waals surface area contributed by atoms with Crippen molar-refractivity contribution in [2.24, 2.45) is 5.41 Å². The average Bonchev–Trinajstić information content (AvgIpc) is 2.49. The van der Waals surface area contributed by atoms with Gasteiger partial charge in [0.15, 0.2) is 9.84 Å². The Morgan fingerprint density at radius 2 is 2.05 bits per heavy atom. The summed E-state index contributed by atoms with van der Waals surface area (Å²) < 4.78 is 29.2. The van der Waals surface area contributed by atoms with Crippen molar-refractivity contribution in [3.63, 3.8) is 0 Å². The Labute approximate surface area is 116 Å². The van der Waals surface area contributed by atoms with E-state index < -0.39 is 9.84 Å². The first-order valence-electron chi connectivity index (χ1n) is 7.49. The molecule has 1 spiro atoms. The molecule has 1 N–H and O–H groups in total. The smallest absolute Gasteiger partial charge is 0.152 e. The van der Waals surface area contributed by atoms with E-state index in [9.17, 15) is 8.42 Å². The van der Waals surface area contributed by atoms with E-state index in [0.29, 0.717) is 29.1 Å². The molecule has 0 amide bonds. The van der Waals surface area contributed by atoms with E-state index in [2.05, 4.69) is 19.2 Å². The maximum Gasteiger partial charge on any atom is 0.152 e. The minimum atomic E-state index is -2.83. The molecule has 3 unspecified atom stereocenters. The highest BCUT2D eigenvalue weighted by molar-refractivity contribution is 7.91. The van der Waals surface area contributed by atoms with Gasteiger partial charge in [0.25, 0.3) is 0 Å². The van der Waals surface area contributed by atoms with Crippen molar-refractivity contribution in [1.29, 1.82) is 0 Å². The Morgan fingerprint density at radius 3 is 2.53 bits per heavy atom. The summed E-state index contributed by atoms with van der Waals surface area (Å²) >= 11 is 0. The molecule has 0 radical (unpaired) electrons. The van der Waals surface area contributed by atoms with E-state index in [0.717, 1.165) is 19.4 Å². The van der Waals surface area contributed by atoms with Gasteiger partial charge in [-0.25, -0.2) is 8.42 Å². The van der Waals surface area contributed by atoms with Gasteiger partial charge < -0.3 is 10.1 Å². The van der Waals surface area contributed by atoms with E-state index in [1.54, 1.807) is 0 Å². The van der Waals surface area contributed by atoms with Crippen LogP contribution in [0.25, 0.3) is 0 Å². The number of rotatable bonds is 4. The molecule has 4 nitrogen and oxygen atoms in total. The molecule has 0 aromatic heterocycles. The van der Waals surface area contributed by atoms with Crippen LogP contribution in [0.3, 0.4) is 0 Å². The van der Waals surface area contributed by atoms with Gasteiger partial charge in [0.1, 0.15) is 0 Å². The van der Waals surface area contributed by atoms with Crippen molar-refractivity contribution >= 4 is 9.84 Å². The van der Waals surface area contributed by atoms with Gasteiger partial charge >= 0.3 is 0 Å². The Hall–Kier alpha value is -0.130. The minimum absolute atomic E-state index is 0.219. The molecule has 110 valence electrons. The molecule has 0 bridgehead atoms. The fraction of sp³-hybridized carbons (Fsp3) is 1.00. The van der Waals surface area contributed by atoms with Crippen LogP contribution in [0.15, 0.2) is 0 Å². The lowest BCUT2D eigenvalue weighted by Gasteiger charge is -2.62. The van der Waals surface area contributed by atoms with Crippen LogP contribution < -0.4 is 5.32 Å². The predicted octanol–water partition coefficient (Wildman–Crippen LogP) is 1.50. The lowest BCUT2D eigenvalue weighted by Crippen LogP contribution is -2.70. The normalized spacial score (nSPS) is 42.8. The molecule has 1 saturated heterocycles. The molecule has 3 atom stereocenters. The molecule has 1 aliphatic heterocycles. The van der Waals surface area contributed by atoms with Gasteiger partial charge in [-0.2, -0.15) is 0 Å². The third kappa shape index (κ3) is 2.24. The average molecular weight is 287 g/mol. The molecule has 3 aliphatic rings. The largest absolute Gasteiger partial charge is 0.378 e. The highest BCUT2D eigenvalue weighted by atomic mass is 32.2. The van der Waals surface area contributed by atoms with E-state index >= 15 is 0 Å². The summed E-state index contributed by atoms with van der Waals surface area (Å²) in [7, 11) is -2.83. The van der Waals surface area contributed by atoms with Gasteiger partial charge in [0.05, 0.1) is 17.6 Å². The second-order valence-electron chi connectivity index (χ2n) is 6.87. The summed E-state index contributed by atoms with van der Waals surface area (Å²) in [6, 6.07) is 0.455. The van der Waals surface area contributed by atoms with Crippen molar-refractivity contribution in [3.05, 3.63) is 0 Å². The van der Waals surface area contributed by atoms with Crippen molar-refractivity contribution in [3.8, 4) is 0 Å². The summed E-state index contributed by atoms with van der Waals surface area (Å²) in [5.74, 6) is 0.636. The van der Waals surface area contributed by atoms with Gasteiger partial charge in [-0.15, -0.1) is 0 Å². The molecular weight excluding hydrogens is 262 g/mol. The topological polar surface area (TPSA) is 55.4 Å². The second kappa shape index (κ2) is 4.43. The Bertz CT molecular complexity index is 457. The molecule has 0 aromatic carbocycles. The molecule has 1 heterocycles. The van der Waals surface area contributed by atoms with Crippen molar-refractivity contribution < 1.29 is 13.2 Å². The molecule has 0 aromatic rings. The zero-order valence-corrected chi connectivity index (χ0v) is 12.8. The van der Waals surface area contributed by atoms with Gasteiger partial charge in [-0.05, 0) is 39.5 Å². The Balaban J connectivity index is 1.65. The number of nitrogens with one attached hydrogen (secondary N) is 1. The van der Waals surface area contributed by atoms with E-state index in [-0.39, 0.29) is 5.54 Å². The van der Waals surface area contributed by atoms with Crippen LogP contribution in [0.1, 0.15) is 46.0 Å². The summed E-state index contributed by atoms with van der Waals surface area (Å²) in [6.07, 6.45) is 5.95. The highest BCUT2D eigenvalue weighted by Gasteiger charge is 2.60. The first kappa shape index (κ1) is 13.8. The van der Waals surface area contributed by atoms with Crippen LogP contribution in [0.5, 0.6) is 0 Å². The maximum absolute atomic E-state index is 11.7. The van der Waals surface area contributed by atoms with E-state index in [1.807, 2.05) is 0 Å². The second-order valence-corrected chi connectivity index (χ2v) is 9.05. The van der Waals surface area contributed by atoms with Crippen LogP contribution in [-0.4, -0.2) is 44.2 Å². The summed E-state index contributed by atoms with van der Waals surface area (Å²) in [5.41, 5.74) is 0.0919. The quantitative estimate of drug-likeness (QED) is 0.851. The Morgan fingerprint density at radius 1 is 1.32 bits per heavy atom. The summed E-state index contributed by atoms with van der Waals surface area (Å²) in [6.45, 7) is 4.90. The number of hydrogen-bond donors (Lipinski definition) is 1. The van der Waals surface area contributed by atoms with Crippen LogP contribution in [0.4, 0.5) is 0 Å². The molecule has 5 heteroatoms. The van der Waals surface area contributed by atoms with E-state index in [1.165, 1.54) is 19.3 Å². The number of sulfone groups is 1. The van der Waals surface area contributed by atoms with Crippen LogP contribution in [0.2, 0.25) is 0 Å². The highest BCUT2D eigenvalue weighted by Crippen LogP contribution is 2.57. The van der Waals surface area contributed by atoms with Gasteiger partial charge in [0.2, 0.25) is 0 Å². The molecule has 2 saturated carbocycles. The molecule has 2 aliphatic carbocycles. The van der Waals surface area contributed by atoms with Gasteiger partial charge in [-0.3, -0.25) is 0 Å². The van der Waals surface area contributed by atoms with Gasteiger partial charge in [0, 0.05) is 23.6 Å². The minimum Gasteiger partial charge on any atom is -0.378 e. The summed E-state index contributed by atoms with van der Waals surface area (Å²) in [5, 5.41) is 3.67. The number of ether oxygens (including phenoxy) is 1. The lowest BCUT2D eigenvalue weighted by molar-refractivity contribution is -0.177. The molecule has 3 rings (SSSR count). The third-order valence-electron chi connectivity index (χ3n) is 5.46. The SMILES string of the molecule is CCOC1CC(NC2(C)CCS(=O)(=O)C2)C12CCC2. The predicted molar refractivity (Wildman–Crippen MR) is 74.9 cm³/mol. The molecule has 3 fully saturated rings. The lowest BCUT2D eigenvalue weighted by atomic mass is 9.50. The molecular formula is C14H25NO3S. The Kier molecular flexibility index (Phi) is 3.23. The zero-order valence-electron chi connectivity index (χ0n) is 11.9. The standard InChI is InChI=1S/C14H25NO3S/c1-3-18-12-9-11(14(12)5-4-6-14)15-13(2)7-8-19(16,17)10-13/h11-12,15H,3-10H2,1-2H3. The maximum atomic E-state index is 11.7. The van der Waals surface area contributed by atoms with Crippen molar-refractivity contribution in [2.75, 3.05) is 18.1 Å². The number of hydrogen-bond acceptors (Lipinski definition) is 4. The monoisotopic (exact) mass is 287 g/mol. The van der Waals surface area contributed by atoms with Crippen LogP contribution in [0, 0.1) is 5.41 Å².